The molecule has 1 N–H and O–H groups in total. The smallest absolute Gasteiger partial charge is 0.251 e. The quantitative estimate of drug-likeness (QED) is 0.867. The highest BCUT2D eigenvalue weighted by Gasteiger charge is 2.23. The lowest BCUT2D eigenvalue weighted by molar-refractivity contribution is 0.0162. The molecule has 5 nitrogen and oxygen atoms in total. The second kappa shape index (κ2) is 8.83. The highest BCUT2D eigenvalue weighted by atomic mass is 16.5. The number of hydrogen-bond acceptors (Lipinski definition) is 4. The van der Waals surface area contributed by atoms with Gasteiger partial charge in [0.1, 0.15) is 5.75 Å². The minimum Gasteiger partial charge on any atom is -0.497 e. The minimum absolute atomic E-state index is 0.0499. The third kappa shape index (κ3) is 4.62. The lowest BCUT2D eigenvalue weighted by Gasteiger charge is -2.35. The molecule has 5 heteroatoms. The molecule has 3 rings (SSSR count). The summed E-state index contributed by atoms with van der Waals surface area (Å²) >= 11 is 0. The summed E-state index contributed by atoms with van der Waals surface area (Å²) in [6.45, 7) is 5.68. The molecule has 1 fully saturated rings. The number of hydrogen-bond donors (Lipinski definition) is 1. The van der Waals surface area contributed by atoms with Crippen LogP contribution in [0.15, 0.2) is 48.5 Å². The number of aryl methyl sites for hydroxylation is 1. The van der Waals surface area contributed by atoms with Crippen molar-refractivity contribution in [3.8, 4) is 5.75 Å². The molecule has 0 spiro atoms. The molecule has 1 atom stereocenters. The van der Waals surface area contributed by atoms with Crippen molar-refractivity contribution in [1.82, 2.24) is 10.2 Å². The number of amides is 1. The van der Waals surface area contributed by atoms with Gasteiger partial charge in [-0.15, -0.1) is 0 Å². The van der Waals surface area contributed by atoms with E-state index >= 15 is 0 Å². The Morgan fingerprint density at radius 1 is 1.19 bits per heavy atom. The van der Waals surface area contributed by atoms with Crippen molar-refractivity contribution < 1.29 is 14.3 Å². The number of nitrogens with one attached hydrogen (secondary N) is 1. The molecular weight excluding hydrogens is 328 g/mol. The second-order valence-electron chi connectivity index (χ2n) is 6.52. The molecular formula is C21H26N2O3. The van der Waals surface area contributed by atoms with Gasteiger partial charge in [0.15, 0.2) is 0 Å². The summed E-state index contributed by atoms with van der Waals surface area (Å²) in [6.07, 6.45) is 0. The van der Waals surface area contributed by atoms with Crippen LogP contribution < -0.4 is 10.1 Å². The third-order valence-corrected chi connectivity index (χ3v) is 4.73. The van der Waals surface area contributed by atoms with Crippen LogP contribution in [0.2, 0.25) is 0 Å². The molecule has 0 bridgehead atoms. The zero-order chi connectivity index (χ0) is 18.4. The fraction of sp³-hybridized carbons (Fsp3) is 0.381. The van der Waals surface area contributed by atoms with Gasteiger partial charge in [-0.1, -0.05) is 29.8 Å². The van der Waals surface area contributed by atoms with E-state index in [9.17, 15) is 4.79 Å². The summed E-state index contributed by atoms with van der Waals surface area (Å²) in [5.41, 5.74) is 2.96. The first-order chi connectivity index (χ1) is 12.7. The number of carbonyl (C=O) groups is 1. The fourth-order valence-electron chi connectivity index (χ4n) is 3.19. The van der Waals surface area contributed by atoms with E-state index in [4.69, 9.17) is 9.47 Å². The van der Waals surface area contributed by atoms with Gasteiger partial charge in [-0.25, -0.2) is 0 Å². The van der Waals surface area contributed by atoms with Crippen molar-refractivity contribution in [2.24, 2.45) is 0 Å². The Hall–Kier alpha value is -2.37. The SMILES string of the molecule is COc1cccc(C(CNC(=O)c2ccc(C)cc2)N2CCOCC2)c1. The van der Waals surface area contributed by atoms with E-state index in [1.165, 1.54) is 0 Å². The normalized spacial score (nSPS) is 16.1. The predicted octanol–water partition coefficient (Wildman–Crippen LogP) is 2.81. The molecule has 26 heavy (non-hydrogen) atoms. The number of nitrogens with zero attached hydrogens (tertiary/aromatic N) is 1. The maximum Gasteiger partial charge on any atom is 0.251 e. The number of rotatable bonds is 6. The Bertz CT molecular complexity index is 724. The molecule has 2 aromatic carbocycles. The van der Waals surface area contributed by atoms with Gasteiger partial charge in [0, 0.05) is 25.2 Å². The first-order valence-corrected chi connectivity index (χ1v) is 8.98. The molecule has 1 aliphatic rings. The van der Waals surface area contributed by atoms with Gasteiger partial charge < -0.3 is 14.8 Å². The highest BCUT2D eigenvalue weighted by Crippen LogP contribution is 2.25. The van der Waals surface area contributed by atoms with Crippen molar-refractivity contribution in [3.63, 3.8) is 0 Å². The zero-order valence-electron chi connectivity index (χ0n) is 15.4. The Kier molecular flexibility index (Phi) is 6.26. The first-order valence-electron chi connectivity index (χ1n) is 8.98. The Labute approximate surface area is 154 Å². The molecule has 1 unspecified atom stereocenters. The summed E-state index contributed by atoms with van der Waals surface area (Å²) in [4.78, 5) is 14.9. The summed E-state index contributed by atoms with van der Waals surface area (Å²) in [5, 5.41) is 3.09. The van der Waals surface area contributed by atoms with Crippen molar-refractivity contribution >= 4 is 5.91 Å². The van der Waals surface area contributed by atoms with Crippen LogP contribution in [0.25, 0.3) is 0 Å². The van der Waals surface area contributed by atoms with Crippen LogP contribution in [-0.4, -0.2) is 50.8 Å². The van der Waals surface area contributed by atoms with Crippen LogP contribution in [0, 0.1) is 6.92 Å². The van der Waals surface area contributed by atoms with E-state index in [0.717, 1.165) is 30.0 Å². The summed E-state index contributed by atoms with van der Waals surface area (Å²) < 4.78 is 10.9. The van der Waals surface area contributed by atoms with E-state index in [-0.39, 0.29) is 11.9 Å². The van der Waals surface area contributed by atoms with E-state index in [2.05, 4.69) is 16.3 Å². The van der Waals surface area contributed by atoms with Gasteiger partial charge in [0.25, 0.3) is 5.91 Å². The molecule has 0 aliphatic carbocycles. The van der Waals surface area contributed by atoms with Gasteiger partial charge >= 0.3 is 0 Å². The maximum absolute atomic E-state index is 12.5. The Balaban J connectivity index is 1.74. The van der Waals surface area contributed by atoms with Crippen LogP contribution in [0.4, 0.5) is 0 Å². The summed E-state index contributed by atoms with van der Waals surface area (Å²) in [7, 11) is 1.67. The second-order valence-corrected chi connectivity index (χ2v) is 6.52. The highest BCUT2D eigenvalue weighted by molar-refractivity contribution is 5.94. The molecule has 1 amide bonds. The van der Waals surface area contributed by atoms with Crippen molar-refractivity contribution in [2.45, 2.75) is 13.0 Å². The average Bonchev–Trinajstić information content (AvgIpc) is 2.69. The van der Waals surface area contributed by atoms with Crippen LogP contribution >= 0.6 is 0 Å². The number of methoxy groups -OCH3 is 1. The standard InChI is InChI=1S/C21H26N2O3/c1-16-6-8-17(9-7-16)21(24)22-15-20(23-10-12-26-13-11-23)18-4-3-5-19(14-18)25-2/h3-9,14,20H,10-13,15H2,1-2H3,(H,22,24). The Morgan fingerprint density at radius 3 is 2.62 bits per heavy atom. The van der Waals surface area contributed by atoms with Gasteiger partial charge in [0.05, 0.1) is 26.4 Å². The fourth-order valence-corrected chi connectivity index (χ4v) is 3.19. The van der Waals surface area contributed by atoms with Gasteiger partial charge in [-0.2, -0.15) is 0 Å². The van der Waals surface area contributed by atoms with Gasteiger partial charge in [-0.05, 0) is 36.8 Å². The monoisotopic (exact) mass is 354 g/mol. The van der Waals surface area contributed by atoms with Crippen molar-refractivity contribution in [2.75, 3.05) is 40.0 Å². The molecule has 1 saturated heterocycles. The van der Waals surface area contributed by atoms with Crippen molar-refractivity contribution in [3.05, 3.63) is 65.2 Å². The lowest BCUT2D eigenvalue weighted by atomic mass is 10.0. The van der Waals surface area contributed by atoms with Crippen molar-refractivity contribution in [1.29, 1.82) is 0 Å². The largest absolute Gasteiger partial charge is 0.497 e. The van der Waals surface area contributed by atoms with Crippen LogP contribution in [0.3, 0.4) is 0 Å². The molecule has 0 saturated carbocycles. The Morgan fingerprint density at radius 2 is 1.92 bits per heavy atom. The van der Waals surface area contributed by atoms with Gasteiger partial charge in [0.2, 0.25) is 0 Å². The number of benzene rings is 2. The molecule has 138 valence electrons. The predicted molar refractivity (Wildman–Crippen MR) is 102 cm³/mol. The number of ether oxygens (including phenoxy) is 2. The van der Waals surface area contributed by atoms with E-state index < -0.39 is 0 Å². The molecule has 0 aromatic heterocycles. The minimum atomic E-state index is -0.0499. The van der Waals surface area contributed by atoms with E-state index in [0.29, 0.717) is 25.3 Å². The molecule has 2 aromatic rings. The van der Waals surface area contributed by atoms with Crippen LogP contribution in [0.1, 0.15) is 27.5 Å². The number of carbonyl (C=O) groups excluding carboxylic acids is 1. The average molecular weight is 354 g/mol. The van der Waals surface area contributed by atoms with E-state index in [1.54, 1.807) is 7.11 Å². The van der Waals surface area contributed by atoms with E-state index in [1.807, 2.05) is 49.4 Å². The summed E-state index contributed by atoms with van der Waals surface area (Å²) in [5.74, 6) is 0.775. The molecule has 0 radical (unpaired) electrons. The van der Waals surface area contributed by atoms with Crippen LogP contribution in [0.5, 0.6) is 5.75 Å². The maximum atomic E-state index is 12.5. The van der Waals surface area contributed by atoms with Gasteiger partial charge in [-0.3, -0.25) is 9.69 Å². The van der Waals surface area contributed by atoms with Crippen LogP contribution in [-0.2, 0) is 4.74 Å². The first kappa shape index (κ1) is 18.4. The third-order valence-electron chi connectivity index (χ3n) is 4.73. The number of morpholine rings is 1. The topological polar surface area (TPSA) is 50.8 Å². The molecule has 1 heterocycles. The zero-order valence-corrected chi connectivity index (χ0v) is 15.4. The molecule has 1 aliphatic heterocycles. The summed E-state index contributed by atoms with van der Waals surface area (Å²) in [6, 6.07) is 15.8. The lowest BCUT2D eigenvalue weighted by Crippen LogP contribution is -2.43.